The van der Waals surface area contributed by atoms with Crippen LogP contribution in [0.25, 0.3) is 0 Å². The average molecular weight is 247 g/mol. The predicted molar refractivity (Wildman–Crippen MR) is 69.8 cm³/mol. The number of aliphatic hydroxyl groups is 2. The van der Waals surface area contributed by atoms with Crippen molar-refractivity contribution in [3.8, 4) is 0 Å². The molecule has 3 atom stereocenters. The van der Waals surface area contributed by atoms with E-state index >= 15 is 0 Å². The monoisotopic (exact) mass is 247 g/mol. The maximum atomic E-state index is 9.20. The van der Waals surface area contributed by atoms with Gasteiger partial charge in [0.15, 0.2) is 0 Å². The van der Waals surface area contributed by atoms with Gasteiger partial charge in [-0.05, 0) is 37.5 Å². The van der Waals surface area contributed by atoms with Crippen molar-refractivity contribution in [2.45, 2.75) is 44.8 Å². The molecule has 1 saturated carbocycles. The minimum atomic E-state index is -0.543. The van der Waals surface area contributed by atoms with Gasteiger partial charge >= 0.3 is 0 Å². The van der Waals surface area contributed by atoms with Gasteiger partial charge in [0.1, 0.15) is 0 Å². The summed E-state index contributed by atoms with van der Waals surface area (Å²) in [7, 11) is 0. The van der Waals surface area contributed by atoms with Crippen molar-refractivity contribution in [1.29, 1.82) is 0 Å². The minimum Gasteiger partial charge on any atom is -0.394 e. The lowest BCUT2D eigenvalue weighted by Gasteiger charge is -2.20. The highest BCUT2D eigenvalue weighted by Gasteiger charge is 2.25. The third-order valence-electron chi connectivity index (χ3n) is 3.28. The molecule has 1 fully saturated rings. The van der Waals surface area contributed by atoms with E-state index in [2.05, 4.69) is 12.2 Å². The zero-order valence-corrected chi connectivity index (χ0v) is 11.0. The van der Waals surface area contributed by atoms with E-state index in [0.29, 0.717) is 11.8 Å². The Hall–Kier alpha value is 0.230. The minimum absolute atomic E-state index is 0.115. The van der Waals surface area contributed by atoms with E-state index in [9.17, 15) is 5.11 Å². The van der Waals surface area contributed by atoms with Gasteiger partial charge in [-0.2, -0.15) is 11.8 Å². The number of hydrogen-bond donors (Lipinski definition) is 3. The molecule has 0 aliphatic heterocycles. The molecule has 4 heteroatoms. The molecule has 0 radical (unpaired) electrons. The molecular formula is C12H25NO2S. The van der Waals surface area contributed by atoms with Crippen LogP contribution in [0.2, 0.25) is 0 Å². The van der Waals surface area contributed by atoms with Crippen LogP contribution < -0.4 is 5.32 Å². The zero-order valence-electron chi connectivity index (χ0n) is 10.2. The summed E-state index contributed by atoms with van der Waals surface area (Å²) in [6.07, 6.45) is 4.72. The van der Waals surface area contributed by atoms with E-state index < -0.39 is 6.10 Å². The Morgan fingerprint density at radius 3 is 2.94 bits per heavy atom. The predicted octanol–water partition coefficient (Wildman–Crippen LogP) is 1.24. The summed E-state index contributed by atoms with van der Waals surface area (Å²) < 4.78 is 0. The smallest absolute Gasteiger partial charge is 0.0861 e. The van der Waals surface area contributed by atoms with Gasteiger partial charge in [0.25, 0.3) is 0 Å². The van der Waals surface area contributed by atoms with Crippen molar-refractivity contribution in [3.63, 3.8) is 0 Å². The molecule has 1 aliphatic rings. The van der Waals surface area contributed by atoms with E-state index in [1.54, 1.807) is 11.8 Å². The van der Waals surface area contributed by atoms with Crippen LogP contribution in [-0.4, -0.2) is 47.0 Å². The Balaban J connectivity index is 2.07. The van der Waals surface area contributed by atoms with E-state index in [4.69, 9.17) is 5.11 Å². The molecular weight excluding hydrogens is 222 g/mol. The largest absolute Gasteiger partial charge is 0.394 e. The first-order valence-corrected chi connectivity index (χ1v) is 7.53. The summed E-state index contributed by atoms with van der Waals surface area (Å²) in [5.74, 6) is 2.58. The van der Waals surface area contributed by atoms with Crippen LogP contribution >= 0.6 is 11.8 Å². The van der Waals surface area contributed by atoms with Gasteiger partial charge in [0, 0.05) is 11.8 Å². The van der Waals surface area contributed by atoms with E-state index in [1.165, 1.54) is 25.7 Å². The molecule has 0 aromatic carbocycles. The first kappa shape index (κ1) is 14.3. The van der Waals surface area contributed by atoms with Gasteiger partial charge < -0.3 is 15.5 Å². The number of rotatable bonds is 8. The lowest BCUT2D eigenvalue weighted by molar-refractivity contribution is 0.113. The molecule has 0 bridgehead atoms. The standard InChI is InChI=1S/C12H25NO2S/c1-2-13-12-5-3-4-10(12)6-7-16-9-11(15)8-14/h10-15H,2-9H2,1H3. The second kappa shape index (κ2) is 8.34. The van der Waals surface area contributed by atoms with Crippen LogP contribution in [0.3, 0.4) is 0 Å². The quantitative estimate of drug-likeness (QED) is 0.565. The molecule has 16 heavy (non-hydrogen) atoms. The summed E-state index contributed by atoms with van der Waals surface area (Å²) in [6, 6.07) is 0.716. The molecule has 3 N–H and O–H groups in total. The van der Waals surface area contributed by atoms with Crippen molar-refractivity contribution in [1.82, 2.24) is 5.32 Å². The molecule has 3 nitrogen and oxygen atoms in total. The summed E-state index contributed by atoms with van der Waals surface area (Å²) in [4.78, 5) is 0. The van der Waals surface area contributed by atoms with Crippen molar-refractivity contribution in [2.24, 2.45) is 5.92 Å². The van der Waals surface area contributed by atoms with Gasteiger partial charge in [-0.25, -0.2) is 0 Å². The molecule has 96 valence electrons. The van der Waals surface area contributed by atoms with Gasteiger partial charge in [-0.15, -0.1) is 0 Å². The molecule has 0 spiro atoms. The summed E-state index contributed by atoms with van der Waals surface area (Å²) in [6.45, 7) is 3.12. The molecule has 0 heterocycles. The average Bonchev–Trinajstić information content (AvgIpc) is 2.72. The van der Waals surface area contributed by atoms with Gasteiger partial charge in [0.2, 0.25) is 0 Å². The lowest BCUT2D eigenvalue weighted by atomic mass is 10.0. The van der Waals surface area contributed by atoms with E-state index in [1.807, 2.05) is 0 Å². The molecule has 3 unspecified atom stereocenters. The van der Waals surface area contributed by atoms with Crippen molar-refractivity contribution < 1.29 is 10.2 Å². The normalized spacial score (nSPS) is 27.2. The van der Waals surface area contributed by atoms with Crippen molar-refractivity contribution in [2.75, 3.05) is 24.7 Å². The fourth-order valence-corrected chi connectivity index (χ4v) is 3.43. The molecule has 1 aliphatic carbocycles. The third kappa shape index (κ3) is 5.04. The van der Waals surface area contributed by atoms with Crippen LogP contribution in [0, 0.1) is 5.92 Å². The van der Waals surface area contributed by atoms with Crippen LogP contribution in [0.5, 0.6) is 0 Å². The Morgan fingerprint density at radius 1 is 1.44 bits per heavy atom. The van der Waals surface area contributed by atoms with Crippen molar-refractivity contribution in [3.05, 3.63) is 0 Å². The van der Waals surface area contributed by atoms with E-state index in [-0.39, 0.29) is 6.61 Å². The highest BCUT2D eigenvalue weighted by molar-refractivity contribution is 7.99. The van der Waals surface area contributed by atoms with Crippen LogP contribution in [0.1, 0.15) is 32.6 Å². The van der Waals surface area contributed by atoms with Crippen molar-refractivity contribution >= 4 is 11.8 Å². The first-order valence-electron chi connectivity index (χ1n) is 6.38. The summed E-state index contributed by atoms with van der Waals surface area (Å²) in [5.41, 5.74) is 0. The van der Waals surface area contributed by atoms with Crippen LogP contribution in [-0.2, 0) is 0 Å². The fourth-order valence-electron chi connectivity index (χ4n) is 2.42. The number of thioether (sulfide) groups is 1. The Morgan fingerprint density at radius 2 is 2.25 bits per heavy atom. The third-order valence-corrected chi connectivity index (χ3v) is 4.42. The second-order valence-electron chi connectivity index (χ2n) is 4.56. The number of nitrogens with one attached hydrogen (secondary N) is 1. The highest BCUT2D eigenvalue weighted by atomic mass is 32.2. The van der Waals surface area contributed by atoms with Gasteiger partial charge in [0.05, 0.1) is 12.7 Å². The molecule has 1 rings (SSSR count). The molecule has 0 saturated heterocycles. The van der Waals surface area contributed by atoms with Crippen LogP contribution in [0.4, 0.5) is 0 Å². The number of hydrogen-bond acceptors (Lipinski definition) is 4. The fraction of sp³-hybridized carbons (Fsp3) is 1.00. The maximum absolute atomic E-state index is 9.20. The first-order chi connectivity index (χ1) is 7.77. The highest BCUT2D eigenvalue weighted by Crippen LogP contribution is 2.29. The Kier molecular flexibility index (Phi) is 7.45. The van der Waals surface area contributed by atoms with E-state index in [0.717, 1.165) is 18.2 Å². The van der Waals surface area contributed by atoms with Gasteiger partial charge in [-0.1, -0.05) is 13.3 Å². The second-order valence-corrected chi connectivity index (χ2v) is 5.70. The Bertz CT molecular complexity index is 180. The lowest BCUT2D eigenvalue weighted by Crippen LogP contribution is -2.32. The zero-order chi connectivity index (χ0) is 11.8. The summed E-state index contributed by atoms with van der Waals surface area (Å²) >= 11 is 1.76. The van der Waals surface area contributed by atoms with Gasteiger partial charge in [-0.3, -0.25) is 0 Å². The molecule has 0 aromatic heterocycles. The SMILES string of the molecule is CCNC1CCCC1CCSCC(O)CO. The molecule has 0 aromatic rings. The topological polar surface area (TPSA) is 52.5 Å². The Labute approximate surface area is 103 Å². The van der Waals surface area contributed by atoms with Crippen LogP contribution in [0.15, 0.2) is 0 Å². The maximum Gasteiger partial charge on any atom is 0.0861 e. The number of aliphatic hydroxyl groups excluding tert-OH is 2. The summed E-state index contributed by atoms with van der Waals surface area (Å²) in [5, 5.41) is 21.4. The molecule has 0 amide bonds.